The molecule has 1 atom stereocenters. The maximum atomic E-state index is 12.1. The number of amides is 1. The molecular formula is C13H13Cl2NO3. The quantitative estimate of drug-likeness (QED) is 0.878. The summed E-state index contributed by atoms with van der Waals surface area (Å²) in [5.74, 6) is -1.06. The number of nitrogens with one attached hydrogen (secondary N) is 1. The van der Waals surface area contributed by atoms with Gasteiger partial charge in [-0.15, -0.1) is 0 Å². The van der Waals surface area contributed by atoms with Gasteiger partial charge in [0.2, 0.25) is 0 Å². The van der Waals surface area contributed by atoms with Gasteiger partial charge in [-0.3, -0.25) is 9.59 Å². The van der Waals surface area contributed by atoms with Crippen LogP contribution < -0.4 is 5.32 Å². The van der Waals surface area contributed by atoms with Crippen LogP contribution in [0.3, 0.4) is 0 Å². The first-order valence-electron chi connectivity index (χ1n) is 5.95. The van der Waals surface area contributed by atoms with Crippen LogP contribution >= 0.6 is 23.2 Å². The number of hydrogen-bond donors (Lipinski definition) is 2. The molecule has 0 heterocycles. The largest absolute Gasteiger partial charge is 0.481 e. The standard InChI is InChI=1S/C13H13Cl2NO3/c14-8-3-4-10(15)9(5-8)13(19)16-11(6-12(17)18)7-1-2-7/h3-5,7,11H,1-2,6H2,(H,16,19)(H,17,18). The SMILES string of the molecule is O=C(O)CC(NC(=O)c1cc(Cl)ccc1Cl)C1CC1. The van der Waals surface area contributed by atoms with Crippen LogP contribution in [0.2, 0.25) is 10.0 Å². The summed E-state index contributed by atoms with van der Waals surface area (Å²) in [6.07, 6.45) is 1.82. The van der Waals surface area contributed by atoms with Crippen molar-refractivity contribution in [3.8, 4) is 0 Å². The summed E-state index contributed by atoms with van der Waals surface area (Å²) in [4.78, 5) is 22.9. The van der Waals surface area contributed by atoms with E-state index in [0.29, 0.717) is 10.0 Å². The minimum absolute atomic E-state index is 0.0748. The number of hydrogen-bond acceptors (Lipinski definition) is 2. The summed E-state index contributed by atoms with van der Waals surface area (Å²) in [6, 6.07) is 4.27. The lowest BCUT2D eigenvalue weighted by Crippen LogP contribution is -2.38. The first-order valence-corrected chi connectivity index (χ1v) is 6.70. The zero-order valence-electron chi connectivity index (χ0n) is 10.0. The number of carboxylic acids is 1. The van der Waals surface area contributed by atoms with Crippen LogP contribution in [0.25, 0.3) is 0 Å². The van der Waals surface area contributed by atoms with Gasteiger partial charge in [0.15, 0.2) is 0 Å². The molecule has 1 unspecified atom stereocenters. The molecule has 0 aliphatic heterocycles. The van der Waals surface area contributed by atoms with E-state index in [1.165, 1.54) is 6.07 Å². The summed E-state index contributed by atoms with van der Waals surface area (Å²) in [6.45, 7) is 0. The molecule has 0 spiro atoms. The van der Waals surface area contributed by atoms with Crippen molar-refractivity contribution in [1.29, 1.82) is 0 Å². The van der Waals surface area contributed by atoms with Crippen molar-refractivity contribution in [2.75, 3.05) is 0 Å². The molecule has 6 heteroatoms. The second-order valence-corrected chi connectivity index (χ2v) is 5.48. The lowest BCUT2D eigenvalue weighted by Gasteiger charge is -2.16. The highest BCUT2D eigenvalue weighted by Crippen LogP contribution is 2.34. The number of carbonyl (C=O) groups is 2. The molecule has 0 radical (unpaired) electrons. The van der Waals surface area contributed by atoms with Crippen LogP contribution in [-0.4, -0.2) is 23.0 Å². The van der Waals surface area contributed by atoms with Gasteiger partial charge in [0.05, 0.1) is 17.0 Å². The fourth-order valence-electron chi connectivity index (χ4n) is 1.94. The topological polar surface area (TPSA) is 66.4 Å². The third kappa shape index (κ3) is 3.85. The van der Waals surface area contributed by atoms with Crippen molar-refractivity contribution in [2.24, 2.45) is 5.92 Å². The predicted molar refractivity (Wildman–Crippen MR) is 72.7 cm³/mol. The Kier molecular flexibility index (Phi) is 4.32. The molecule has 19 heavy (non-hydrogen) atoms. The Labute approximate surface area is 120 Å². The summed E-state index contributed by atoms with van der Waals surface area (Å²) in [7, 11) is 0. The zero-order chi connectivity index (χ0) is 14.0. The number of carbonyl (C=O) groups excluding carboxylic acids is 1. The van der Waals surface area contributed by atoms with Gasteiger partial charge in [-0.25, -0.2) is 0 Å². The van der Waals surface area contributed by atoms with E-state index >= 15 is 0 Å². The highest BCUT2D eigenvalue weighted by atomic mass is 35.5. The van der Waals surface area contributed by atoms with E-state index in [0.717, 1.165) is 12.8 Å². The highest BCUT2D eigenvalue weighted by molar-refractivity contribution is 6.35. The van der Waals surface area contributed by atoms with Crippen LogP contribution in [0, 0.1) is 5.92 Å². The third-order valence-electron chi connectivity index (χ3n) is 3.08. The van der Waals surface area contributed by atoms with Crippen LogP contribution in [0.4, 0.5) is 0 Å². The third-order valence-corrected chi connectivity index (χ3v) is 3.64. The fourth-order valence-corrected chi connectivity index (χ4v) is 2.32. The molecule has 2 rings (SSSR count). The summed E-state index contributed by atoms with van der Waals surface area (Å²) in [5.41, 5.74) is 0.269. The Morgan fingerprint density at radius 2 is 2.05 bits per heavy atom. The second-order valence-electron chi connectivity index (χ2n) is 4.64. The maximum absolute atomic E-state index is 12.1. The summed E-state index contributed by atoms with van der Waals surface area (Å²) < 4.78 is 0. The summed E-state index contributed by atoms with van der Waals surface area (Å²) >= 11 is 11.8. The smallest absolute Gasteiger partial charge is 0.305 e. The first kappa shape index (κ1) is 14.2. The van der Waals surface area contributed by atoms with Crippen molar-refractivity contribution in [3.05, 3.63) is 33.8 Å². The van der Waals surface area contributed by atoms with Crippen LogP contribution in [-0.2, 0) is 4.79 Å². The average Bonchev–Trinajstić information content (AvgIpc) is 3.14. The zero-order valence-corrected chi connectivity index (χ0v) is 11.5. The van der Waals surface area contributed by atoms with Crippen molar-refractivity contribution >= 4 is 35.1 Å². The Balaban J connectivity index is 2.10. The Bertz CT molecular complexity index is 515. The normalized spacial score (nSPS) is 15.9. The molecule has 0 aromatic heterocycles. The number of halogens is 2. The van der Waals surface area contributed by atoms with E-state index in [9.17, 15) is 9.59 Å². The van der Waals surface area contributed by atoms with E-state index in [1.807, 2.05) is 0 Å². The Morgan fingerprint density at radius 3 is 2.63 bits per heavy atom. The van der Waals surface area contributed by atoms with Crippen LogP contribution in [0.15, 0.2) is 18.2 Å². The Hall–Kier alpha value is -1.26. The van der Waals surface area contributed by atoms with Gasteiger partial charge in [-0.1, -0.05) is 23.2 Å². The van der Waals surface area contributed by atoms with Crippen LogP contribution in [0.1, 0.15) is 29.6 Å². The van der Waals surface area contributed by atoms with Crippen LogP contribution in [0.5, 0.6) is 0 Å². The van der Waals surface area contributed by atoms with Crippen molar-refractivity contribution in [2.45, 2.75) is 25.3 Å². The van der Waals surface area contributed by atoms with E-state index in [2.05, 4.69) is 5.32 Å². The van der Waals surface area contributed by atoms with E-state index in [1.54, 1.807) is 12.1 Å². The molecular weight excluding hydrogens is 289 g/mol. The number of carboxylic acid groups (broad SMARTS) is 1. The van der Waals surface area contributed by atoms with Gasteiger partial charge in [0, 0.05) is 11.1 Å². The molecule has 4 nitrogen and oxygen atoms in total. The molecule has 0 saturated heterocycles. The Morgan fingerprint density at radius 1 is 1.37 bits per heavy atom. The maximum Gasteiger partial charge on any atom is 0.305 e. The van der Waals surface area contributed by atoms with Gasteiger partial charge in [0.25, 0.3) is 5.91 Å². The van der Waals surface area contributed by atoms with Gasteiger partial charge >= 0.3 is 5.97 Å². The fraction of sp³-hybridized carbons (Fsp3) is 0.385. The lowest BCUT2D eigenvalue weighted by atomic mass is 10.1. The molecule has 2 N–H and O–H groups in total. The van der Waals surface area contributed by atoms with Crippen molar-refractivity contribution < 1.29 is 14.7 Å². The predicted octanol–water partition coefficient (Wildman–Crippen LogP) is 2.98. The monoisotopic (exact) mass is 301 g/mol. The number of benzene rings is 1. The van der Waals surface area contributed by atoms with E-state index in [-0.39, 0.29) is 29.9 Å². The molecule has 1 aromatic carbocycles. The van der Waals surface area contributed by atoms with Gasteiger partial charge in [-0.05, 0) is 37.0 Å². The average molecular weight is 302 g/mol. The molecule has 1 amide bonds. The summed E-state index contributed by atoms with van der Waals surface area (Å²) in [5, 5.41) is 12.3. The number of aliphatic carboxylic acids is 1. The minimum Gasteiger partial charge on any atom is -0.481 e. The van der Waals surface area contributed by atoms with Gasteiger partial charge < -0.3 is 10.4 Å². The van der Waals surface area contributed by atoms with E-state index < -0.39 is 5.97 Å². The molecule has 102 valence electrons. The lowest BCUT2D eigenvalue weighted by molar-refractivity contribution is -0.137. The van der Waals surface area contributed by atoms with Gasteiger partial charge in [-0.2, -0.15) is 0 Å². The molecule has 1 aliphatic carbocycles. The molecule has 1 fully saturated rings. The van der Waals surface area contributed by atoms with Crippen molar-refractivity contribution in [3.63, 3.8) is 0 Å². The molecule has 1 aromatic rings. The number of rotatable bonds is 5. The van der Waals surface area contributed by atoms with E-state index in [4.69, 9.17) is 28.3 Å². The van der Waals surface area contributed by atoms with Gasteiger partial charge in [0.1, 0.15) is 0 Å². The second kappa shape index (κ2) is 5.80. The molecule has 1 aliphatic rings. The molecule has 1 saturated carbocycles. The highest BCUT2D eigenvalue weighted by Gasteiger charge is 2.34. The van der Waals surface area contributed by atoms with Crippen molar-refractivity contribution in [1.82, 2.24) is 5.32 Å². The minimum atomic E-state index is -0.922. The first-order chi connectivity index (χ1) is 8.97. The molecule has 0 bridgehead atoms.